The van der Waals surface area contributed by atoms with Gasteiger partial charge in [-0.3, -0.25) is 4.79 Å². The number of hydrogen-bond acceptors (Lipinski definition) is 2. The minimum Gasteiger partial charge on any atom is -0.342 e. The smallest absolute Gasteiger partial charge is 0.228 e. The number of likely N-dealkylation sites (tertiary alicyclic amines) is 1. The molecule has 2 heterocycles. The van der Waals surface area contributed by atoms with Gasteiger partial charge >= 0.3 is 0 Å². The highest BCUT2D eigenvalue weighted by Crippen LogP contribution is 2.24. The summed E-state index contributed by atoms with van der Waals surface area (Å²) < 4.78 is 0. The number of rotatable bonds is 3. The van der Waals surface area contributed by atoms with Crippen LogP contribution in [0.25, 0.3) is 0 Å². The third-order valence-electron chi connectivity index (χ3n) is 3.77. The fraction of sp³-hybridized carbons (Fsp3) is 0.923. The van der Waals surface area contributed by atoms with Crippen LogP contribution in [0.1, 0.15) is 33.1 Å². The van der Waals surface area contributed by atoms with Gasteiger partial charge in [0, 0.05) is 26.2 Å². The summed E-state index contributed by atoms with van der Waals surface area (Å²) in [6.07, 6.45) is 3.78. The molecule has 0 aromatic heterocycles. The average molecular weight is 261 g/mol. The fourth-order valence-corrected chi connectivity index (χ4v) is 2.85. The predicted molar refractivity (Wildman–Crippen MR) is 72.4 cm³/mol. The molecule has 0 radical (unpaired) electrons. The molecule has 1 unspecified atom stereocenters. The Bertz CT molecular complexity index is 254. The Hall–Kier alpha value is -0.280. The minimum absolute atomic E-state index is 0. The normalized spacial score (nSPS) is 25.4. The second-order valence-corrected chi connectivity index (χ2v) is 5.78. The quantitative estimate of drug-likeness (QED) is 0.841. The molecule has 17 heavy (non-hydrogen) atoms. The summed E-state index contributed by atoms with van der Waals surface area (Å²) in [5.41, 5.74) is 0. The predicted octanol–water partition coefficient (Wildman–Crippen LogP) is 1.91. The van der Waals surface area contributed by atoms with Crippen LogP contribution < -0.4 is 5.32 Å². The first-order valence-electron chi connectivity index (χ1n) is 6.66. The number of halogens is 1. The molecule has 4 heteroatoms. The molecule has 2 rings (SSSR count). The molecule has 0 aromatic rings. The van der Waals surface area contributed by atoms with Gasteiger partial charge in [0.1, 0.15) is 0 Å². The van der Waals surface area contributed by atoms with Crippen LogP contribution in [0.4, 0.5) is 0 Å². The van der Waals surface area contributed by atoms with Crippen molar-refractivity contribution in [2.45, 2.75) is 33.1 Å². The van der Waals surface area contributed by atoms with Crippen LogP contribution in [-0.4, -0.2) is 37.0 Å². The van der Waals surface area contributed by atoms with Crippen molar-refractivity contribution in [3.8, 4) is 0 Å². The molecule has 1 amide bonds. The molecule has 0 spiro atoms. The summed E-state index contributed by atoms with van der Waals surface area (Å²) in [7, 11) is 0. The van der Waals surface area contributed by atoms with Crippen LogP contribution in [0, 0.1) is 17.8 Å². The van der Waals surface area contributed by atoms with Gasteiger partial charge in [0.15, 0.2) is 0 Å². The fourth-order valence-electron chi connectivity index (χ4n) is 2.85. The van der Waals surface area contributed by atoms with E-state index < -0.39 is 0 Å². The summed E-state index contributed by atoms with van der Waals surface area (Å²) in [6.45, 7) is 8.33. The zero-order valence-electron chi connectivity index (χ0n) is 10.9. The van der Waals surface area contributed by atoms with Crippen molar-refractivity contribution in [2.24, 2.45) is 17.8 Å². The van der Waals surface area contributed by atoms with Crippen molar-refractivity contribution < 1.29 is 4.79 Å². The van der Waals surface area contributed by atoms with Crippen LogP contribution >= 0.6 is 12.4 Å². The third kappa shape index (κ3) is 3.85. The number of piperidine rings is 1. The first-order chi connectivity index (χ1) is 7.66. The lowest BCUT2D eigenvalue weighted by Gasteiger charge is -2.38. The van der Waals surface area contributed by atoms with Gasteiger partial charge in [-0.05, 0) is 31.1 Å². The maximum Gasteiger partial charge on any atom is 0.228 e. The molecule has 1 N–H and O–H groups in total. The lowest BCUT2D eigenvalue weighted by Crippen LogP contribution is -2.53. The van der Waals surface area contributed by atoms with Gasteiger partial charge in [-0.2, -0.15) is 0 Å². The van der Waals surface area contributed by atoms with E-state index >= 15 is 0 Å². The minimum atomic E-state index is 0. The van der Waals surface area contributed by atoms with Crippen molar-refractivity contribution in [1.29, 1.82) is 0 Å². The summed E-state index contributed by atoms with van der Waals surface area (Å²) in [5.74, 6) is 2.17. The Morgan fingerprint density at radius 1 is 1.41 bits per heavy atom. The van der Waals surface area contributed by atoms with E-state index in [-0.39, 0.29) is 18.3 Å². The van der Waals surface area contributed by atoms with Crippen molar-refractivity contribution >= 4 is 18.3 Å². The van der Waals surface area contributed by atoms with Gasteiger partial charge in [0.05, 0.1) is 5.92 Å². The zero-order valence-corrected chi connectivity index (χ0v) is 11.8. The lowest BCUT2D eigenvalue weighted by atomic mass is 9.89. The molecule has 0 aromatic carbocycles. The van der Waals surface area contributed by atoms with Gasteiger partial charge < -0.3 is 10.2 Å². The van der Waals surface area contributed by atoms with E-state index in [2.05, 4.69) is 24.1 Å². The number of nitrogens with one attached hydrogen (secondary N) is 1. The van der Waals surface area contributed by atoms with Gasteiger partial charge in [-0.25, -0.2) is 0 Å². The highest BCUT2D eigenvalue weighted by molar-refractivity contribution is 5.85. The van der Waals surface area contributed by atoms with Crippen LogP contribution in [0.2, 0.25) is 0 Å². The second kappa shape index (κ2) is 6.60. The van der Waals surface area contributed by atoms with E-state index in [4.69, 9.17) is 0 Å². The Kier molecular flexibility index (Phi) is 5.74. The van der Waals surface area contributed by atoms with E-state index in [1.165, 1.54) is 19.3 Å². The molecule has 0 bridgehead atoms. The Morgan fingerprint density at radius 2 is 2.12 bits per heavy atom. The molecule has 2 saturated heterocycles. The van der Waals surface area contributed by atoms with Crippen molar-refractivity contribution in [1.82, 2.24) is 10.2 Å². The molecular weight excluding hydrogens is 236 g/mol. The van der Waals surface area contributed by atoms with Crippen LogP contribution in [-0.2, 0) is 4.79 Å². The average Bonchev–Trinajstić information content (AvgIpc) is 2.14. The van der Waals surface area contributed by atoms with Crippen LogP contribution in [0.3, 0.4) is 0 Å². The number of hydrogen-bond donors (Lipinski definition) is 1. The van der Waals surface area contributed by atoms with E-state index in [0.717, 1.165) is 38.0 Å². The van der Waals surface area contributed by atoms with Crippen molar-refractivity contribution in [3.05, 3.63) is 0 Å². The molecule has 2 aliphatic heterocycles. The summed E-state index contributed by atoms with van der Waals surface area (Å²) in [6, 6.07) is 0. The standard InChI is InChI=1S/C13H24N2O.ClH/c1-10(2)6-11-4-3-5-15(9-11)13(16)12-7-14-8-12;/h10-12,14H,3-9H2,1-2H3;1H. The largest absolute Gasteiger partial charge is 0.342 e. The van der Waals surface area contributed by atoms with E-state index in [1.54, 1.807) is 0 Å². The highest BCUT2D eigenvalue weighted by Gasteiger charge is 2.32. The van der Waals surface area contributed by atoms with Gasteiger partial charge in [0.2, 0.25) is 5.91 Å². The number of amides is 1. The number of carbonyl (C=O) groups excluding carboxylic acids is 1. The maximum atomic E-state index is 12.1. The van der Waals surface area contributed by atoms with Gasteiger partial charge in [-0.1, -0.05) is 13.8 Å². The molecule has 100 valence electrons. The first kappa shape index (κ1) is 14.8. The molecule has 1 atom stereocenters. The second-order valence-electron chi connectivity index (χ2n) is 5.78. The monoisotopic (exact) mass is 260 g/mol. The molecule has 0 saturated carbocycles. The van der Waals surface area contributed by atoms with Crippen LogP contribution in [0.5, 0.6) is 0 Å². The first-order valence-corrected chi connectivity index (χ1v) is 6.66. The Balaban J connectivity index is 0.00000144. The lowest BCUT2D eigenvalue weighted by molar-refractivity contribution is -0.139. The number of carbonyl (C=O) groups is 1. The Morgan fingerprint density at radius 3 is 2.65 bits per heavy atom. The van der Waals surface area contributed by atoms with Crippen molar-refractivity contribution in [3.63, 3.8) is 0 Å². The molecule has 3 nitrogen and oxygen atoms in total. The molecule has 2 aliphatic rings. The molecular formula is C13H25ClN2O. The number of nitrogens with zero attached hydrogens (tertiary/aromatic N) is 1. The summed E-state index contributed by atoms with van der Waals surface area (Å²) >= 11 is 0. The van der Waals surface area contributed by atoms with E-state index in [0.29, 0.717) is 5.91 Å². The van der Waals surface area contributed by atoms with Gasteiger partial charge in [0.25, 0.3) is 0 Å². The van der Waals surface area contributed by atoms with Gasteiger partial charge in [-0.15, -0.1) is 12.4 Å². The molecule has 2 fully saturated rings. The van der Waals surface area contributed by atoms with Crippen molar-refractivity contribution in [2.75, 3.05) is 26.2 Å². The van der Waals surface area contributed by atoms with E-state index in [1.807, 2.05) is 0 Å². The molecule has 0 aliphatic carbocycles. The SMILES string of the molecule is CC(C)CC1CCCN(C(=O)C2CNC2)C1.Cl. The summed E-state index contributed by atoms with van der Waals surface area (Å²) in [5, 5.41) is 3.18. The Labute approximate surface area is 111 Å². The third-order valence-corrected chi connectivity index (χ3v) is 3.77. The zero-order chi connectivity index (χ0) is 11.5. The van der Waals surface area contributed by atoms with E-state index in [9.17, 15) is 4.79 Å². The van der Waals surface area contributed by atoms with Crippen LogP contribution in [0.15, 0.2) is 0 Å². The maximum absolute atomic E-state index is 12.1. The topological polar surface area (TPSA) is 32.3 Å². The summed E-state index contributed by atoms with van der Waals surface area (Å²) in [4.78, 5) is 14.2. The highest BCUT2D eigenvalue weighted by atomic mass is 35.5.